The first kappa shape index (κ1) is 18.0. The van der Waals surface area contributed by atoms with Gasteiger partial charge in [0, 0.05) is 6.54 Å². The SMILES string of the molecule is Cl.NC(Cc1ccccc1)C(=O)NCCOC1CCCC1. The number of nitrogens with one attached hydrogen (secondary N) is 1. The van der Waals surface area contributed by atoms with Gasteiger partial charge < -0.3 is 15.8 Å². The summed E-state index contributed by atoms with van der Waals surface area (Å²) in [5.74, 6) is -0.108. The standard InChI is InChI=1S/C16H24N2O2.ClH/c17-15(12-13-6-2-1-3-7-13)16(19)18-10-11-20-14-8-4-5-9-14;/h1-3,6-7,14-15H,4-5,8-12,17H2,(H,18,19);1H. The predicted molar refractivity (Wildman–Crippen MR) is 86.6 cm³/mol. The summed E-state index contributed by atoms with van der Waals surface area (Å²) in [5.41, 5.74) is 6.98. The Hall–Kier alpha value is -1.10. The lowest BCUT2D eigenvalue weighted by Crippen LogP contribution is -2.43. The Kier molecular flexibility index (Phi) is 8.35. The van der Waals surface area contributed by atoms with Crippen LogP contribution in [0.4, 0.5) is 0 Å². The van der Waals surface area contributed by atoms with Gasteiger partial charge >= 0.3 is 0 Å². The van der Waals surface area contributed by atoms with Crippen molar-refractivity contribution in [3.63, 3.8) is 0 Å². The van der Waals surface area contributed by atoms with Crippen LogP contribution in [0.5, 0.6) is 0 Å². The molecule has 5 heteroatoms. The maximum absolute atomic E-state index is 11.9. The van der Waals surface area contributed by atoms with E-state index in [-0.39, 0.29) is 18.3 Å². The van der Waals surface area contributed by atoms with Crippen LogP contribution in [0, 0.1) is 0 Å². The minimum atomic E-state index is -0.496. The number of amides is 1. The number of carbonyl (C=O) groups excluding carboxylic acids is 1. The first-order valence-corrected chi connectivity index (χ1v) is 7.44. The summed E-state index contributed by atoms with van der Waals surface area (Å²) >= 11 is 0. The molecule has 1 atom stereocenters. The van der Waals surface area contributed by atoms with Crippen LogP contribution in [0.2, 0.25) is 0 Å². The second kappa shape index (κ2) is 9.77. The molecule has 3 N–H and O–H groups in total. The molecule has 1 aromatic carbocycles. The summed E-state index contributed by atoms with van der Waals surface area (Å²) in [5, 5.41) is 2.84. The summed E-state index contributed by atoms with van der Waals surface area (Å²) in [7, 11) is 0. The first-order valence-electron chi connectivity index (χ1n) is 7.44. The Morgan fingerprint density at radius 1 is 1.29 bits per heavy atom. The molecule has 118 valence electrons. The topological polar surface area (TPSA) is 64.4 Å². The van der Waals surface area contributed by atoms with E-state index in [1.165, 1.54) is 12.8 Å². The van der Waals surface area contributed by atoms with Gasteiger partial charge in [0.05, 0.1) is 18.8 Å². The number of hydrogen-bond donors (Lipinski definition) is 2. The molecule has 0 bridgehead atoms. The molecule has 0 saturated heterocycles. The van der Waals surface area contributed by atoms with Crippen LogP contribution >= 0.6 is 12.4 Å². The van der Waals surface area contributed by atoms with Crippen LogP contribution in [0.15, 0.2) is 30.3 Å². The minimum Gasteiger partial charge on any atom is -0.376 e. The Labute approximate surface area is 132 Å². The molecule has 21 heavy (non-hydrogen) atoms. The van der Waals surface area contributed by atoms with Crippen LogP contribution < -0.4 is 11.1 Å². The molecule has 4 nitrogen and oxygen atoms in total. The average molecular weight is 313 g/mol. The first-order chi connectivity index (χ1) is 9.75. The van der Waals surface area contributed by atoms with E-state index in [9.17, 15) is 4.79 Å². The molecule has 1 aromatic rings. The summed E-state index contributed by atoms with van der Waals surface area (Å²) < 4.78 is 5.70. The Morgan fingerprint density at radius 2 is 1.95 bits per heavy atom. The number of rotatable bonds is 7. The van der Waals surface area contributed by atoms with E-state index in [1.807, 2.05) is 30.3 Å². The summed E-state index contributed by atoms with van der Waals surface area (Å²) in [6.07, 6.45) is 5.79. The highest BCUT2D eigenvalue weighted by Gasteiger charge is 2.16. The fraction of sp³-hybridized carbons (Fsp3) is 0.562. The van der Waals surface area contributed by atoms with Crippen molar-refractivity contribution in [3.8, 4) is 0 Å². The van der Waals surface area contributed by atoms with Crippen LogP contribution in [-0.2, 0) is 16.0 Å². The van der Waals surface area contributed by atoms with Crippen LogP contribution in [0.3, 0.4) is 0 Å². The highest BCUT2D eigenvalue weighted by atomic mass is 35.5. The molecule has 0 spiro atoms. The van der Waals surface area contributed by atoms with Crippen LogP contribution in [0.25, 0.3) is 0 Å². The molecule has 1 unspecified atom stereocenters. The van der Waals surface area contributed by atoms with Crippen LogP contribution in [-0.4, -0.2) is 31.2 Å². The zero-order valence-electron chi connectivity index (χ0n) is 12.3. The molecule has 1 saturated carbocycles. The van der Waals surface area contributed by atoms with Crippen LogP contribution in [0.1, 0.15) is 31.2 Å². The molecule has 1 aliphatic carbocycles. The lowest BCUT2D eigenvalue weighted by atomic mass is 10.1. The van der Waals surface area contributed by atoms with E-state index in [0.29, 0.717) is 25.7 Å². The summed E-state index contributed by atoms with van der Waals surface area (Å²) in [6.45, 7) is 1.12. The average Bonchev–Trinajstić information content (AvgIpc) is 2.97. The minimum absolute atomic E-state index is 0. The number of hydrogen-bond acceptors (Lipinski definition) is 3. The monoisotopic (exact) mass is 312 g/mol. The maximum atomic E-state index is 11.9. The molecule has 1 amide bonds. The third kappa shape index (κ3) is 6.46. The number of ether oxygens (including phenoxy) is 1. The van der Waals surface area contributed by atoms with E-state index in [4.69, 9.17) is 10.5 Å². The third-order valence-corrected chi connectivity index (χ3v) is 3.69. The molecule has 0 heterocycles. The normalized spacial score (nSPS) is 16.2. The number of benzene rings is 1. The Morgan fingerprint density at radius 3 is 2.62 bits per heavy atom. The summed E-state index contributed by atoms with van der Waals surface area (Å²) in [4.78, 5) is 11.9. The molecule has 0 radical (unpaired) electrons. The van der Waals surface area contributed by atoms with E-state index in [1.54, 1.807) is 0 Å². The molecule has 1 aliphatic rings. The zero-order chi connectivity index (χ0) is 14.2. The van der Waals surface area contributed by atoms with Crippen molar-refractivity contribution < 1.29 is 9.53 Å². The quantitative estimate of drug-likeness (QED) is 0.757. The molecule has 1 fully saturated rings. The lowest BCUT2D eigenvalue weighted by molar-refractivity contribution is -0.122. The van der Waals surface area contributed by atoms with Crippen molar-refractivity contribution in [2.75, 3.05) is 13.2 Å². The lowest BCUT2D eigenvalue weighted by Gasteiger charge is -2.14. The second-order valence-corrected chi connectivity index (χ2v) is 5.36. The van der Waals surface area contributed by atoms with Gasteiger partial charge in [-0.25, -0.2) is 0 Å². The van der Waals surface area contributed by atoms with Crippen molar-refractivity contribution in [3.05, 3.63) is 35.9 Å². The largest absolute Gasteiger partial charge is 0.376 e. The van der Waals surface area contributed by atoms with Crippen molar-refractivity contribution in [2.24, 2.45) is 5.73 Å². The molecule has 2 rings (SSSR count). The molecule has 0 aliphatic heterocycles. The highest BCUT2D eigenvalue weighted by molar-refractivity contribution is 5.85. The van der Waals surface area contributed by atoms with Gasteiger partial charge in [0.2, 0.25) is 5.91 Å². The maximum Gasteiger partial charge on any atom is 0.237 e. The summed E-state index contributed by atoms with van der Waals surface area (Å²) in [6, 6.07) is 9.33. The Balaban J connectivity index is 0.00000220. The van der Waals surface area contributed by atoms with E-state index < -0.39 is 6.04 Å². The van der Waals surface area contributed by atoms with Gasteiger partial charge in [-0.2, -0.15) is 0 Å². The number of carbonyl (C=O) groups is 1. The van der Waals surface area contributed by atoms with Gasteiger partial charge in [-0.05, 0) is 24.8 Å². The van der Waals surface area contributed by atoms with Crippen molar-refractivity contribution >= 4 is 18.3 Å². The zero-order valence-corrected chi connectivity index (χ0v) is 13.1. The molecule has 0 aromatic heterocycles. The number of nitrogens with two attached hydrogens (primary N) is 1. The molecular weight excluding hydrogens is 288 g/mol. The van der Waals surface area contributed by atoms with Gasteiger partial charge in [0.15, 0.2) is 0 Å². The van der Waals surface area contributed by atoms with E-state index in [0.717, 1.165) is 18.4 Å². The molecular formula is C16H25ClN2O2. The fourth-order valence-corrected chi connectivity index (χ4v) is 2.55. The third-order valence-electron chi connectivity index (χ3n) is 3.69. The second-order valence-electron chi connectivity index (χ2n) is 5.36. The van der Waals surface area contributed by atoms with Crippen molar-refractivity contribution in [1.29, 1.82) is 0 Å². The van der Waals surface area contributed by atoms with Gasteiger partial charge in [-0.15, -0.1) is 12.4 Å². The van der Waals surface area contributed by atoms with Gasteiger partial charge in [-0.3, -0.25) is 4.79 Å². The Bertz CT molecular complexity index is 408. The smallest absolute Gasteiger partial charge is 0.237 e. The highest BCUT2D eigenvalue weighted by Crippen LogP contribution is 2.20. The van der Waals surface area contributed by atoms with E-state index >= 15 is 0 Å². The van der Waals surface area contributed by atoms with Crippen molar-refractivity contribution in [1.82, 2.24) is 5.32 Å². The van der Waals surface area contributed by atoms with Crippen molar-refractivity contribution in [2.45, 2.75) is 44.2 Å². The van der Waals surface area contributed by atoms with Gasteiger partial charge in [0.1, 0.15) is 0 Å². The van der Waals surface area contributed by atoms with Gasteiger partial charge in [-0.1, -0.05) is 43.2 Å². The van der Waals surface area contributed by atoms with Gasteiger partial charge in [0.25, 0.3) is 0 Å². The predicted octanol–water partition coefficient (Wildman–Crippen LogP) is 2.05. The van der Waals surface area contributed by atoms with E-state index in [2.05, 4.69) is 5.32 Å². The number of halogens is 1. The fourth-order valence-electron chi connectivity index (χ4n) is 2.55.